The van der Waals surface area contributed by atoms with E-state index in [-0.39, 0.29) is 47.5 Å². The molecule has 2 fully saturated rings. The maximum atomic E-state index is 14.5. The van der Waals surface area contributed by atoms with Gasteiger partial charge in [-0.15, -0.1) is 0 Å². The monoisotopic (exact) mass is 721 g/mol. The van der Waals surface area contributed by atoms with Gasteiger partial charge >= 0.3 is 13.3 Å². The normalized spacial score (nSPS) is 20.4. The molecule has 4 aromatic rings. The van der Waals surface area contributed by atoms with Crippen LogP contribution in [0.1, 0.15) is 53.7 Å². The quantitative estimate of drug-likeness (QED) is 0.194. The zero-order chi connectivity index (χ0) is 36.7. The van der Waals surface area contributed by atoms with Crippen molar-refractivity contribution in [2.75, 3.05) is 25.0 Å². The number of hydrogen-bond donors (Lipinski definition) is 4. The lowest BCUT2D eigenvalue weighted by atomic mass is 9.98. The van der Waals surface area contributed by atoms with Gasteiger partial charge in [-0.3, -0.25) is 23.7 Å². The van der Waals surface area contributed by atoms with Crippen LogP contribution >= 0.6 is 7.60 Å². The molecule has 15 heteroatoms. The number of fused-ring (bicyclic) bond motifs is 2. The SMILES string of the molecule is C[C@H](C(=O)N1CC[C@H]2CC[C@@H](C(=O)N(C)c3ccccc3)N2C(=O)[C@@H](NC(=O)c2cc3cc(C(F)(F)P(=O)(O)O)ccc3[nH]2)C1)c1ccccc1. The summed E-state index contributed by atoms with van der Waals surface area (Å²) in [6.45, 7) is 1.86. The van der Waals surface area contributed by atoms with Gasteiger partial charge in [-0.1, -0.05) is 54.6 Å². The van der Waals surface area contributed by atoms with E-state index < -0.39 is 48.6 Å². The van der Waals surface area contributed by atoms with E-state index in [1.54, 1.807) is 43.1 Å². The summed E-state index contributed by atoms with van der Waals surface area (Å²) in [5.74, 6) is -2.38. The number of H-pyrrole nitrogens is 1. The van der Waals surface area contributed by atoms with Crippen molar-refractivity contribution in [2.24, 2.45) is 0 Å². The summed E-state index contributed by atoms with van der Waals surface area (Å²) in [6.07, 6.45) is 1.35. The average molecular weight is 722 g/mol. The number of para-hydroxylation sites is 1. The number of anilines is 1. The van der Waals surface area contributed by atoms with E-state index in [0.717, 1.165) is 17.7 Å². The first kappa shape index (κ1) is 35.9. The molecule has 0 aliphatic carbocycles. The Labute approximate surface area is 292 Å². The fourth-order valence-electron chi connectivity index (χ4n) is 6.93. The number of hydrogen-bond acceptors (Lipinski definition) is 5. The van der Waals surface area contributed by atoms with E-state index in [0.29, 0.717) is 24.9 Å². The van der Waals surface area contributed by atoms with E-state index in [1.165, 1.54) is 21.9 Å². The zero-order valence-corrected chi connectivity index (χ0v) is 28.8. The van der Waals surface area contributed by atoms with Crippen molar-refractivity contribution in [1.82, 2.24) is 20.1 Å². The number of nitrogens with one attached hydrogen (secondary N) is 2. The molecule has 268 valence electrons. The first-order valence-electron chi connectivity index (χ1n) is 16.5. The van der Waals surface area contributed by atoms with Crippen molar-refractivity contribution < 1.29 is 42.3 Å². The third kappa shape index (κ3) is 7.03. The number of carbonyl (C=O) groups excluding carboxylic acids is 4. The third-order valence-corrected chi connectivity index (χ3v) is 10.8. The van der Waals surface area contributed by atoms with Crippen LogP contribution in [0.4, 0.5) is 14.5 Å². The van der Waals surface area contributed by atoms with E-state index in [9.17, 15) is 42.3 Å². The first-order chi connectivity index (χ1) is 24.2. The van der Waals surface area contributed by atoms with Gasteiger partial charge in [0.25, 0.3) is 5.91 Å². The number of likely N-dealkylation sites (N-methyl/N-ethyl adjacent to an activating group) is 1. The number of benzene rings is 3. The van der Waals surface area contributed by atoms with Crippen LogP contribution in [0.25, 0.3) is 10.9 Å². The van der Waals surface area contributed by atoms with Gasteiger partial charge in [0.1, 0.15) is 17.8 Å². The predicted octanol–water partition coefficient (Wildman–Crippen LogP) is 4.55. The smallest absolute Gasteiger partial charge is 0.351 e. The first-order valence-corrected chi connectivity index (χ1v) is 18.1. The molecule has 1 aromatic heterocycles. The molecule has 3 heterocycles. The second-order valence-electron chi connectivity index (χ2n) is 13.0. The molecular weight excluding hydrogens is 683 g/mol. The number of nitrogens with zero attached hydrogens (tertiary/aromatic N) is 3. The molecular formula is C36H38F2N5O7P. The van der Waals surface area contributed by atoms with Gasteiger partial charge in [0.05, 0.1) is 5.92 Å². The number of rotatable bonds is 8. The molecule has 2 aliphatic heterocycles. The van der Waals surface area contributed by atoms with Gasteiger partial charge in [0.2, 0.25) is 17.7 Å². The van der Waals surface area contributed by atoms with Crippen LogP contribution in [-0.4, -0.2) is 86.5 Å². The highest BCUT2D eigenvalue weighted by Crippen LogP contribution is 2.59. The maximum Gasteiger partial charge on any atom is 0.399 e. The van der Waals surface area contributed by atoms with Crippen LogP contribution in [0.15, 0.2) is 84.9 Å². The number of amides is 4. The van der Waals surface area contributed by atoms with Gasteiger partial charge < -0.3 is 34.8 Å². The molecule has 4 atom stereocenters. The van der Waals surface area contributed by atoms with Crippen molar-refractivity contribution in [3.63, 3.8) is 0 Å². The summed E-state index contributed by atoms with van der Waals surface area (Å²) < 4.78 is 40.3. The lowest BCUT2D eigenvalue weighted by Gasteiger charge is -2.40. The van der Waals surface area contributed by atoms with Crippen LogP contribution < -0.4 is 10.2 Å². The number of aromatic amines is 1. The highest BCUT2D eigenvalue weighted by atomic mass is 31.2. The minimum atomic E-state index is -5.83. The standard InChI is InChI=1S/C36H38F2N5O7P/c1-22(23-9-5-3-6-10-23)33(45)42-18-17-27-14-16-31(35(47)41(2)26-11-7-4-8-12-26)43(27)34(46)30(21-42)40-32(44)29-20-24-19-25(13-15-28(24)39-29)36(37,38)51(48,49)50/h3-13,15,19-20,22,27,30-31,39H,14,16-18,21H2,1-2H3,(H,40,44)(H2,48,49,50)/t22-,27+,30-,31-/m0/s1. The fraction of sp³-hybridized carbons (Fsp3) is 0.333. The van der Waals surface area contributed by atoms with Gasteiger partial charge in [-0.05, 0) is 62.1 Å². The van der Waals surface area contributed by atoms with E-state index in [4.69, 9.17) is 0 Å². The largest absolute Gasteiger partial charge is 0.399 e. The zero-order valence-electron chi connectivity index (χ0n) is 27.9. The van der Waals surface area contributed by atoms with Crippen LogP contribution in [-0.2, 0) is 24.6 Å². The molecule has 0 spiro atoms. The summed E-state index contributed by atoms with van der Waals surface area (Å²) in [4.78, 5) is 81.7. The molecule has 3 aromatic carbocycles. The Morgan fingerprint density at radius 3 is 2.31 bits per heavy atom. The average Bonchev–Trinajstić information content (AvgIpc) is 3.75. The van der Waals surface area contributed by atoms with E-state index >= 15 is 0 Å². The van der Waals surface area contributed by atoms with E-state index in [1.807, 2.05) is 36.4 Å². The molecule has 51 heavy (non-hydrogen) atoms. The van der Waals surface area contributed by atoms with Crippen LogP contribution in [0.2, 0.25) is 0 Å². The van der Waals surface area contributed by atoms with Crippen molar-refractivity contribution >= 4 is 47.8 Å². The molecule has 2 aliphatic rings. The second-order valence-corrected chi connectivity index (χ2v) is 14.7. The lowest BCUT2D eigenvalue weighted by Crippen LogP contribution is -2.61. The summed E-state index contributed by atoms with van der Waals surface area (Å²) in [5.41, 5.74) is -3.81. The minimum Gasteiger partial charge on any atom is -0.351 e. The molecule has 4 amide bonds. The summed E-state index contributed by atoms with van der Waals surface area (Å²) >= 11 is 0. The van der Waals surface area contributed by atoms with Crippen molar-refractivity contribution in [3.8, 4) is 0 Å². The Balaban J connectivity index is 1.30. The number of carbonyl (C=O) groups is 4. The molecule has 0 bridgehead atoms. The Morgan fingerprint density at radius 2 is 1.65 bits per heavy atom. The van der Waals surface area contributed by atoms with E-state index in [2.05, 4.69) is 10.3 Å². The highest BCUT2D eigenvalue weighted by Gasteiger charge is 2.50. The third-order valence-electron chi connectivity index (χ3n) is 9.81. The predicted molar refractivity (Wildman–Crippen MR) is 185 cm³/mol. The summed E-state index contributed by atoms with van der Waals surface area (Å²) in [5, 5.41) is 2.81. The minimum absolute atomic E-state index is 0.0810. The molecule has 4 N–H and O–H groups in total. The molecule has 0 unspecified atom stereocenters. The number of aromatic nitrogens is 1. The van der Waals surface area contributed by atoms with Crippen molar-refractivity contribution in [3.05, 3.63) is 102 Å². The molecule has 6 rings (SSSR count). The van der Waals surface area contributed by atoms with Crippen LogP contribution in [0.3, 0.4) is 0 Å². The lowest BCUT2D eigenvalue weighted by molar-refractivity contribution is -0.144. The topological polar surface area (TPSA) is 163 Å². The summed E-state index contributed by atoms with van der Waals surface area (Å²) in [6, 6.07) is 19.9. The van der Waals surface area contributed by atoms with Crippen LogP contribution in [0.5, 0.6) is 0 Å². The van der Waals surface area contributed by atoms with Gasteiger partial charge in [0, 0.05) is 48.3 Å². The number of halogens is 2. The van der Waals surface area contributed by atoms with Gasteiger partial charge in [0.15, 0.2) is 0 Å². The molecule has 0 radical (unpaired) electrons. The Hall–Kier alpha value is -4.91. The molecule has 2 saturated heterocycles. The Morgan fingerprint density at radius 1 is 0.980 bits per heavy atom. The number of alkyl halides is 2. The maximum absolute atomic E-state index is 14.5. The fourth-order valence-corrected chi connectivity index (χ4v) is 7.41. The van der Waals surface area contributed by atoms with Gasteiger partial charge in [-0.25, -0.2) is 0 Å². The second kappa shape index (κ2) is 14.0. The van der Waals surface area contributed by atoms with Crippen molar-refractivity contribution in [2.45, 2.75) is 55.9 Å². The molecule has 12 nitrogen and oxygen atoms in total. The van der Waals surface area contributed by atoms with Crippen molar-refractivity contribution in [1.29, 1.82) is 0 Å². The van der Waals surface area contributed by atoms with Crippen LogP contribution in [0, 0.1) is 0 Å². The molecule has 0 saturated carbocycles. The Kier molecular flexibility index (Phi) is 9.86. The van der Waals surface area contributed by atoms with Gasteiger partial charge in [-0.2, -0.15) is 8.78 Å². The highest BCUT2D eigenvalue weighted by molar-refractivity contribution is 7.52. The Bertz CT molecular complexity index is 2000. The summed E-state index contributed by atoms with van der Waals surface area (Å²) in [7, 11) is -4.19.